The van der Waals surface area contributed by atoms with Crippen LogP contribution < -0.4 is 11.5 Å². The van der Waals surface area contributed by atoms with E-state index < -0.39 is 5.66 Å². The Balaban J connectivity index is 1.47. The molecule has 0 amide bonds. The van der Waals surface area contributed by atoms with Crippen molar-refractivity contribution in [1.82, 2.24) is 0 Å². The summed E-state index contributed by atoms with van der Waals surface area (Å²) in [6.07, 6.45) is 12.0. The second-order valence-electron chi connectivity index (χ2n) is 9.47. The number of hydrogen-bond donors (Lipinski definition) is 2. The van der Waals surface area contributed by atoms with Crippen LogP contribution in [0, 0.1) is 0 Å². The number of rotatable bonds is 9. The van der Waals surface area contributed by atoms with Crippen molar-refractivity contribution in [2.75, 3.05) is 26.4 Å². The molecule has 4 aliphatic heterocycles. The van der Waals surface area contributed by atoms with Crippen LogP contribution in [0.3, 0.4) is 0 Å². The van der Waals surface area contributed by atoms with E-state index in [0.29, 0.717) is 30.8 Å². The highest BCUT2D eigenvalue weighted by molar-refractivity contribution is 5.79. The number of hydrogen-bond acceptors (Lipinski definition) is 6. The van der Waals surface area contributed by atoms with Crippen LogP contribution in [0.25, 0.3) is 5.57 Å². The van der Waals surface area contributed by atoms with Crippen LogP contribution in [0.1, 0.15) is 34.2 Å². The third kappa shape index (κ3) is 4.40. The maximum atomic E-state index is 6.12. The van der Waals surface area contributed by atoms with Gasteiger partial charge >= 0.3 is 0 Å². The van der Waals surface area contributed by atoms with Gasteiger partial charge in [-0.2, -0.15) is 0 Å². The Morgan fingerprint density at radius 3 is 1.83 bits per heavy atom. The van der Waals surface area contributed by atoms with Gasteiger partial charge in [0.15, 0.2) is 0 Å². The van der Waals surface area contributed by atoms with Crippen LogP contribution in [-0.4, -0.2) is 56.5 Å². The van der Waals surface area contributed by atoms with Crippen molar-refractivity contribution >= 4 is 5.57 Å². The summed E-state index contributed by atoms with van der Waals surface area (Å²) in [4.78, 5) is 0. The van der Waals surface area contributed by atoms with Crippen molar-refractivity contribution in [1.29, 1.82) is 0 Å². The monoisotopic (exact) mass is 410 g/mol. The summed E-state index contributed by atoms with van der Waals surface area (Å²) in [5.74, 6) is 0. The van der Waals surface area contributed by atoms with E-state index in [-0.39, 0.29) is 0 Å². The minimum atomic E-state index is -0.762. The standard InChI is InChI=1S/C24H30N2O4/c25-24(26)3-1-14(2-4-24)20-6-15(5-16-10-27-16)21(7-17-11-28-17)23(9-19-13-30-19)22(20)8-18-12-29-18/h1-3,6,16-19H,4-5,7-13,25-26H2. The molecule has 1 aromatic rings. The van der Waals surface area contributed by atoms with Gasteiger partial charge in [0.25, 0.3) is 0 Å². The number of benzene rings is 1. The molecule has 30 heavy (non-hydrogen) atoms. The van der Waals surface area contributed by atoms with E-state index in [2.05, 4.69) is 18.2 Å². The zero-order valence-electron chi connectivity index (χ0n) is 17.3. The van der Waals surface area contributed by atoms with E-state index in [9.17, 15) is 0 Å². The van der Waals surface area contributed by atoms with Crippen LogP contribution in [0.15, 0.2) is 24.3 Å². The molecular formula is C24H30N2O4. The Kier molecular flexibility index (Phi) is 4.64. The quantitative estimate of drug-likeness (QED) is 0.471. The lowest BCUT2D eigenvalue weighted by molar-refractivity contribution is 0.395. The molecule has 4 atom stereocenters. The van der Waals surface area contributed by atoms with Gasteiger partial charge in [0, 0.05) is 32.1 Å². The smallest absolute Gasteiger partial charge is 0.0867 e. The Labute approximate surface area is 177 Å². The summed E-state index contributed by atoms with van der Waals surface area (Å²) in [6, 6.07) is 2.39. The van der Waals surface area contributed by atoms with Gasteiger partial charge in [-0.3, -0.25) is 0 Å². The maximum Gasteiger partial charge on any atom is 0.0867 e. The minimum Gasteiger partial charge on any atom is -0.373 e. The SMILES string of the molecule is NC1(N)C=CC(c2cc(CC3CO3)c(CC3CO3)c(CC3CO3)c2CC2CO2)=CC1. The number of ether oxygens (including phenoxy) is 4. The average molecular weight is 411 g/mol. The third-order valence-electron chi connectivity index (χ3n) is 6.67. The van der Waals surface area contributed by atoms with Crippen LogP contribution in [0.5, 0.6) is 0 Å². The zero-order chi connectivity index (χ0) is 20.3. The third-order valence-corrected chi connectivity index (χ3v) is 6.67. The van der Waals surface area contributed by atoms with Crippen molar-refractivity contribution in [3.63, 3.8) is 0 Å². The van der Waals surface area contributed by atoms with Crippen molar-refractivity contribution in [3.8, 4) is 0 Å². The Morgan fingerprint density at radius 2 is 1.30 bits per heavy atom. The van der Waals surface area contributed by atoms with Crippen LogP contribution in [-0.2, 0) is 44.6 Å². The van der Waals surface area contributed by atoms with Gasteiger partial charge in [0.05, 0.1) is 56.5 Å². The molecular weight excluding hydrogens is 380 g/mol. The summed E-state index contributed by atoms with van der Waals surface area (Å²) in [7, 11) is 0. The van der Waals surface area contributed by atoms with Crippen LogP contribution in [0.2, 0.25) is 0 Å². The van der Waals surface area contributed by atoms with Crippen LogP contribution >= 0.6 is 0 Å². The molecule has 0 spiro atoms. The summed E-state index contributed by atoms with van der Waals surface area (Å²) >= 11 is 0. The predicted molar refractivity (Wildman–Crippen MR) is 113 cm³/mol. The molecule has 4 N–H and O–H groups in total. The fraction of sp³-hybridized carbons (Fsp3) is 0.583. The fourth-order valence-electron chi connectivity index (χ4n) is 4.60. The summed E-state index contributed by atoms with van der Waals surface area (Å²) < 4.78 is 22.5. The maximum absolute atomic E-state index is 6.12. The number of allylic oxidation sites excluding steroid dienone is 2. The van der Waals surface area contributed by atoms with Gasteiger partial charge in [-0.1, -0.05) is 18.2 Å². The highest BCUT2D eigenvalue weighted by atomic mass is 16.6. The van der Waals surface area contributed by atoms with Gasteiger partial charge in [0.1, 0.15) is 0 Å². The molecule has 5 aliphatic rings. The molecule has 1 aliphatic carbocycles. The predicted octanol–water partition coefficient (Wildman–Crippen LogP) is 1.41. The fourth-order valence-corrected chi connectivity index (χ4v) is 4.60. The molecule has 0 aromatic heterocycles. The van der Waals surface area contributed by atoms with Gasteiger partial charge in [-0.25, -0.2) is 0 Å². The molecule has 0 radical (unpaired) electrons. The Hall–Kier alpha value is -1.54. The summed E-state index contributed by atoms with van der Waals surface area (Å²) in [5, 5.41) is 0. The first-order valence-electron chi connectivity index (χ1n) is 11.1. The number of nitrogens with two attached hydrogens (primary N) is 2. The lowest BCUT2D eigenvalue weighted by Gasteiger charge is -2.26. The lowest BCUT2D eigenvalue weighted by atomic mass is 9.80. The molecule has 1 aromatic carbocycles. The van der Waals surface area contributed by atoms with E-state index in [1.54, 1.807) is 0 Å². The molecule has 0 bridgehead atoms. The molecule has 6 nitrogen and oxygen atoms in total. The molecule has 4 heterocycles. The molecule has 4 saturated heterocycles. The van der Waals surface area contributed by atoms with E-state index in [1.165, 1.54) is 33.4 Å². The molecule has 4 fully saturated rings. The van der Waals surface area contributed by atoms with Crippen molar-refractivity contribution < 1.29 is 18.9 Å². The Bertz CT molecular complexity index is 906. The van der Waals surface area contributed by atoms with Gasteiger partial charge in [-0.05, 0) is 39.5 Å². The van der Waals surface area contributed by atoms with Gasteiger partial charge < -0.3 is 30.4 Å². The average Bonchev–Trinajstić information content (AvgIpc) is 3.49. The van der Waals surface area contributed by atoms with E-state index >= 15 is 0 Å². The minimum absolute atomic E-state index is 0.321. The molecule has 160 valence electrons. The van der Waals surface area contributed by atoms with E-state index in [0.717, 1.165) is 52.1 Å². The summed E-state index contributed by atoms with van der Waals surface area (Å²) in [5.41, 5.74) is 19.7. The highest BCUT2D eigenvalue weighted by Crippen LogP contribution is 2.38. The van der Waals surface area contributed by atoms with E-state index in [4.69, 9.17) is 30.4 Å². The van der Waals surface area contributed by atoms with E-state index in [1.807, 2.05) is 6.08 Å². The molecule has 6 rings (SSSR count). The first kappa shape index (κ1) is 19.2. The number of epoxide rings is 4. The molecule has 0 saturated carbocycles. The van der Waals surface area contributed by atoms with Gasteiger partial charge in [-0.15, -0.1) is 0 Å². The van der Waals surface area contributed by atoms with Crippen molar-refractivity contribution in [2.45, 2.75) is 62.2 Å². The lowest BCUT2D eigenvalue weighted by Crippen LogP contribution is -2.47. The summed E-state index contributed by atoms with van der Waals surface area (Å²) in [6.45, 7) is 3.43. The first-order valence-corrected chi connectivity index (χ1v) is 11.1. The van der Waals surface area contributed by atoms with Gasteiger partial charge in [0.2, 0.25) is 0 Å². The zero-order valence-corrected chi connectivity index (χ0v) is 17.3. The Morgan fingerprint density at radius 1 is 0.767 bits per heavy atom. The second-order valence-corrected chi connectivity index (χ2v) is 9.47. The van der Waals surface area contributed by atoms with Crippen LogP contribution in [0.4, 0.5) is 0 Å². The first-order chi connectivity index (χ1) is 14.5. The van der Waals surface area contributed by atoms with Crippen molar-refractivity contribution in [3.05, 3.63) is 52.1 Å². The normalized spacial score (nSPS) is 32.7. The highest BCUT2D eigenvalue weighted by Gasteiger charge is 2.35. The topological polar surface area (TPSA) is 102 Å². The largest absolute Gasteiger partial charge is 0.373 e. The molecule has 4 unspecified atom stereocenters. The second kappa shape index (κ2) is 7.26. The van der Waals surface area contributed by atoms with Crippen molar-refractivity contribution in [2.24, 2.45) is 11.5 Å². The molecule has 6 heteroatoms.